The van der Waals surface area contributed by atoms with Gasteiger partial charge in [0.1, 0.15) is 0 Å². The van der Waals surface area contributed by atoms with Crippen LogP contribution in [0.4, 0.5) is 23.5 Å². The molecule has 0 saturated carbocycles. The predicted molar refractivity (Wildman–Crippen MR) is 133 cm³/mol. The zero-order chi connectivity index (χ0) is 27.6. The molecule has 3 aromatic rings. The Labute approximate surface area is 221 Å². The van der Waals surface area contributed by atoms with Crippen molar-refractivity contribution >= 4 is 22.8 Å². The standard InChI is InChI=1S/C26H27F4N5O4/c27-18-11-14(2-4-20(18)39-26(28,29)30)22(21-13-32-7-10-38-21)23-17-3-1-15(24(31)36)12-19(17)34-25(35-23)33-16-5-8-37-9-6-16/h1-4,11-12,16,21-22,32H,5-10,13H2,(H2,31,36)(H,33,34,35)/t21-,22+/m0/s1. The maximum absolute atomic E-state index is 14.9. The highest BCUT2D eigenvalue weighted by atomic mass is 19.4. The molecule has 1 amide bonds. The van der Waals surface area contributed by atoms with E-state index < -0.39 is 35.9 Å². The smallest absolute Gasteiger partial charge is 0.403 e. The Balaban J connectivity index is 1.64. The molecule has 0 unspecified atom stereocenters. The molecular weight excluding hydrogens is 522 g/mol. The van der Waals surface area contributed by atoms with E-state index in [1.54, 1.807) is 18.2 Å². The van der Waals surface area contributed by atoms with Gasteiger partial charge >= 0.3 is 6.36 Å². The van der Waals surface area contributed by atoms with Gasteiger partial charge < -0.3 is 30.6 Å². The van der Waals surface area contributed by atoms with Gasteiger partial charge in [0.2, 0.25) is 11.9 Å². The average Bonchev–Trinajstić information content (AvgIpc) is 2.90. The van der Waals surface area contributed by atoms with Crippen molar-refractivity contribution in [2.45, 2.75) is 37.3 Å². The SMILES string of the molecule is NC(=O)c1ccc2c([C@H](c3ccc(OC(F)(F)F)c(F)c3)[C@@H]3CNCCO3)nc(NC3CCOCC3)nc2c1. The highest BCUT2D eigenvalue weighted by Crippen LogP contribution is 2.37. The molecule has 2 saturated heterocycles. The van der Waals surface area contributed by atoms with Gasteiger partial charge in [0, 0.05) is 43.3 Å². The van der Waals surface area contributed by atoms with E-state index in [1.165, 1.54) is 6.07 Å². The first kappa shape index (κ1) is 27.0. The Morgan fingerprint density at radius 3 is 2.59 bits per heavy atom. The lowest BCUT2D eigenvalue weighted by Gasteiger charge is -2.32. The molecule has 2 aliphatic rings. The number of halogens is 4. The van der Waals surface area contributed by atoms with Crippen molar-refractivity contribution in [3.8, 4) is 5.75 Å². The number of amides is 1. The topological polar surface area (TPSA) is 121 Å². The zero-order valence-corrected chi connectivity index (χ0v) is 20.8. The summed E-state index contributed by atoms with van der Waals surface area (Å²) < 4.78 is 68.4. The van der Waals surface area contributed by atoms with Crippen LogP contribution in [-0.4, -0.2) is 67.3 Å². The van der Waals surface area contributed by atoms with E-state index in [4.69, 9.17) is 20.2 Å². The van der Waals surface area contributed by atoms with Crippen molar-refractivity contribution in [2.75, 3.05) is 38.2 Å². The molecule has 3 heterocycles. The Bertz CT molecular complexity index is 1340. The lowest BCUT2D eigenvalue weighted by atomic mass is 9.87. The van der Waals surface area contributed by atoms with E-state index in [0.29, 0.717) is 55.1 Å². The Morgan fingerprint density at radius 2 is 1.92 bits per heavy atom. The minimum Gasteiger partial charge on any atom is -0.403 e. The third-order valence-corrected chi connectivity index (χ3v) is 6.73. The lowest BCUT2D eigenvalue weighted by Crippen LogP contribution is -2.42. The third kappa shape index (κ3) is 6.37. The minimum atomic E-state index is -5.04. The van der Waals surface area contributed by atoms with Gasteiger partial charge in [0.15, 0.2) is 11.6 Å². The second kappa shape index (κ2) is 11.3. The van der Waals surface area contributed by atoms with Crippen LogP contribution in [-0.2, 0) is 9.47 Å². The van der Waals surface area contributed by atoms with Crippen molar-refractivity contribution in [2.24, 2.45) is 5.73 Å². The summed E-state index contributed by atoms with van der Waals surface area (Å²) in [5.41, 5.74) is 6.97. The second-order valence-corrected chi connectivity index (χ2v) is 9.39. The van der Waals surface area contributed by atoms with Gasteiger partial charge in [-0.05, 0) is 42.7 Å². The number of anilines is 1. The molecule has 2 fully saturated rings. The second-order valence-electron chi connectivity index (χ2n) is 9.39. The number of fused-ring (bicyclic) bond motifs is 1. The number of nitrogens with zero attached hydrogens (tertiary/aromatic N) is 2. The fraction of sp³-hybridized carbons (Fsp3) is 0.423. The first-order chi connectivity index (χ1) is 18.7. The maximum Gasteiger partial charge on any atom is 0.573 e. The van der Waals surface area contributed by atoms with Gasteiger partial charge in [0.05, 0.1) is 29.8 Å². The lowest BCUT2D eigenvalue weighted by molar-refractivity contribution is -0.275. The van der Waals surface area contributed by atoms with Gasteiger partial charge in [-0.3, -0.25) is 4.79 Å². The molecule has 2 aliphatic heterocycles. The van der Waals surface area contributed by atoms with Crippen LogP contribution < -0.4 is 21.1 Å². The molecule has 2 atom stereocenters. The average molecular weight is 550 g/mol. The first-order valence-corrected chi connectivity index (χ1v) is 12.5. The van der Waals surface area contributed by atoms with Crippen LogP contribution in [0.15, 0.2) is 36.4 Å². The highest BCUT2D eigenvalue weighted by molar-refractivity contribution is 5.97. The van der Waals surface area contributed by atoms with Gasteiger partial charge in [-0.1, -0.05) is 12.1 Å². The molecule has 13 heteroatoms. The summed E-state index contributed by atoms with van der Waals surface area (Å²) in [6.45, 7) is 2.54. The van der Waals surface area contributed by atoms with Crippen molar-refractivity contribution in [3.05, 3.63) is 59.0 Å². The van der Waals surface area contributed by atoms with Crippen LogP contribution in [0, 0.1) is 5.82 Å². The van der Waals surface area contributed by atoms with Crippen LogP contribution in [0.25, 0.3) is 10.9 Å². The number of nitrogens with two attached hydrogens (primary N) is 1. The van der Waals surface area contributed by atoms with Crippen molar-refractivity contribution < 1.29 is 36.6 Å². The molecule has 5 rings (SSSR count). The third-order valence-electron chi connectivity index (χ3n) is 6.73. The Hall–Kier alpha value is -3.55. The number of aromatic nitrogens is 2. The van der Waals surface area contributed by atoms with Crippen molar-refractivity contribution in [3.63, 3.8) is 0 Å². The molecule has 2 aromatic carbocycles. The number of hydrogen-bond acceptors (Lipinski definition) is 8. The fourth-order valence-corrected chi connectivity index (χ4v) is 4.90. The van der Waals surface area contributed by atoms with Crippen molar-refractivity contribution in [1.82, 2.24) is 15.3 Å². The van der Waals surface area contributed by atoms with Crippen LogP contribution >= 0.6 is 0 Å². The normalized spacial score (nSPS) is 19.5. The molecule has 9 nitrogen and oxygen atoms in total. The van der Waals surface area contributed by atoms with Crippen molar-refractivity contribution in [1.29, 1.82) is 0 Å². The Morgan fingerprint density at radius 1 is 1.13 bits per heavy atom. The van der Waals surface area contributed by atoms with Gasteiger partial charge in [0.25, 0.3) is 0 Å². The summed E-state index contributed by atoms with van der Waals surface area (Å²) in [4.78, 5) is 21.3. The number of hydrogen-bond donors (Lipinski definition) is 3. The molecule has 0 aliphatic carbocycles. The van der Waals surface area contributed by atoms with E-state index in [0.717, 1.165) is 25.0 Å². The molecule has 0 radical (unpaired) electrons. The molecule has 208 valence electrons. The van der Waals surface area contributed by atoms with Crippen LogP contribution in [0.2, 0.25) is 0 Å². The molecule has 39 heavy (non-hydrogen) atoms. The van der Waals surface area contributed by atoms with Gasteiger partial charge in [-0.25, -0.2) is 14.4 Å². The molecule has 0 spiro atoms. The number of benzene rings is 2. The van der Waals surface area contributed by atoms with E-state index in [9.17, 15) is 22.4 Å². The number of primary amides is 1. The maximum atomic E-state index is 14.9. The number of carbonyl (C=O) groups excluding carboxylic acids is 1. The Kier molecular flexibility index (Phi) is 7.82. The monoisotopic (exact) mass is 549 g/mol. The largest absolute Gasteiger partial charge is 0.573 e. The summed E-state index contributed by atoms with van der Waals surface area (Å²) >= 11 is 0. The van der Waals surface area contributed by atoms with Gasteiger partial charge in [-0.15, -0.1) is 13.2 Å². The van der Waals surface area contributed by atoms with E-state index >= 15 is 0 Å². The summed E-state index contributed by atoms with van der Waals surface area (Å²) in [5.74, 6) is -3.15. The van der Waals surface area contributed by atoms with Crippen LogP contribution in [0.3, 0.4) is 0 Å². The van der Waals surface area contributed by atoms with Crippen LogP contribution in [0.5, 0.6) is 5.75 Å². The summed E-state index contributed by atoms with van der Waals surface area (Å²) in [7, 11) is 0. The summed E-state index contributed by atoms with van der Waals surface area (Å²) in [6.07, 6.45) is -4.09. The number of morpholine rings is 1. The highest BCUT2D eigenvalue weighted by Gasteiger charge is 2.35. The molecular formula is C26H27F4N5O4. The summed E-state index contributed by atoms with van der Waals surface area (Å²) in [5, 5.41) is 7.12. The zero-order valence-electron chi connectivity index (χ0n) is 20.8. The van der Waals surface area contributed by atoms with E-state index in [-0.39, 0.29) is 17.6 Å². The number of carbonyl (C=O) groups is 1. The van der Waals surface area contributed by atoms with Crippen LogP contribution in [0.1, 0.15) is 40.4 Å². The van der Waals surface area contributed by atoms with Gasteiger partial charge in [-0.2, -0.15) is 0 Å². The van der Waals surface area contributed by atoms with E-state index in [1.807, 2.05) is 0 Å². The van der Waals surface area contributed by atoms with E-state index in [2.05, 4.69) is 20.4 Å². The number of alkyl halides is 3. The summed E-state index contributed by atoms with van der Waals surface area (Å²) in [6, 6.07) is 8.11. The first-order valence-electron chi connectivity index (χ1n) is 12.5. The molecule has 0 bridgehead atoms. The molecule has 1 aromatic heterocycles. The number of nitrogens with one attached hydrogen (secondary N) is 2. The fourth-order valence-electron chi connectivity index (χ4n) is 4.90. The number of ether oxygens (including phenoxy) is 3. The number of rotatable bonds is 7. The minimum absolute atomic E-state index is 0.0469. The predicted octanol–water partition coefficient (Wildman–Crippen LogP) is 3.48. The quantitative estimate of drug-likeness (QED) is 0.383. The molecule has 4 N–H and O–H groups in total.